The maximum Gasteiger partial charge on any atom is 0.244 e. The highest BCUT2D eigenvalue weighted by Crippen LogP contribution is 2.18. The Morgan fingerprint density at radius 2 is 1.85 bits per heavy atom. The number of aliphatic hydroxyl groups excluding tert-OH is 1. The number of hydrogen-bond acceptors (Lipinski definition) is 3. The summed E-state index contributed by atoms with van der Waals surface area (Å²) in [7, 11) is 0. The third kappa shape index (κ3) is 4.05. The van der Waals surface area contributed by atoms with E-state index in [0.29, 0.717) is 0 Å². The quantitative estimate of drug-likeness (QED) is 0.711. The van der Waals surface area contributed by atoms with Crippen molar-refractivity contribution in [3.05, 3.63) is 35.9 Å². The van der Waals surface area contributed by atoms with Gasteiger partial charge in [0.05, 0.1) is 6.10 Å². The first-order valence-electron chi connectivity index (χ1n) is 7.24. The second-order valence-corrected chi connectivity index (χ2v) is 5.42. The lowest BCUT2D eigenvalue weighted by Gasteiger charge is -2.26. The van der Waals surface area contributed by atoms with Crippen LogP contribution in [0.5, 0.6) is 0 Å². The summed E-state index contributed by atoms with van der Waals surface area (Å²) in [6, 6.07) is 9.25. The van der Waals surface area contributed by atoms with Crippen LogP contribution in [-0.4, -0.2) is 23.7 Å². The molecule has 20 heavy (non-hydrogen) atoms. The van der Waals surface area contributed by atoms with Crippen LogP contribution in [0.4, 0.5) is 0 Å². The number of benzene rings is 1. The summed E-state index contributed by atoms with van der Waals surface area (Å²) in [4.78, 5) is 12.2. The lowest BCUT2D eigenvalue weighted by atomic mass is 9.91. The zero-order chi connectivity index (χ0) is 15.2. The van der Waals surface area contributed by atoms with Crippen LogP contribution in [0.15, 0.2) is 30.3 Å². The minimum absolute atomic E-state index is 0.205. The molecule has 0 aliphatic carbocycles. The maximum atomic E-state index is 12.2. The zero-order valence-corrected chi connectivity index (χ0v) is 12.6. The van der Waals surface area contributed by atoms with Crippen LogP contribution >= 0.6 is 0 Å². The van der Waals surface area contributed by atoms with E-state index >= 15 is 0 Å². The molecule has 1 aromatic rings. The molecule has 0 aliphatic rings. The fourth-order valence-corrected chi connectivity index (χ4v) is 2.30. The molecule has 0 bridgehead atoms. The van der Waals surface area contributed by atoms with E-state index in [1.54, 1.807) is 6.92 Å². The highest BCUT2D eigenvalue weighted by atomic mass is 16.3. The number of nitrogens with one attached hydrogen (secondary N) is 1. The molecule has 0 saturated heterocycles. The van der Waals surface area contributed by atoms with Crippen LogP contribution in [0.3, 0.4) is 0 Å². The third-order valence-corrected chi connectivity index (χ3v) is 3.91. The minimum atomic E-state index is -1.09. The van der Waals surface area contributed by atoms with Crippen molar-refractivity contribution in [2.24, 2.45) is 11.7 Å². The molecule has 112 valence electrons. The monoisotopic (exact) mass is 278 g/mol. The Bertz CT molecular complexity index is 414. The molecule has 0 aromatic heterocycles. The number of nitrogens with two attached hydrogens (primary N) is 1. The molecule has 2 unspecified atom stereocenters. The van der Waals surface area contributed by atoms with Crippen molar-refractivity contribution in [1.29, 1.82) is 0 Å². The Morgan fingerprint density at radius 3 is 2.35 bits per heavy atom. The smallest absolute Gasteiger partial charge is 0.244 e. The first-order valence-corrected chi connectivity index (χ1v) is 7.24. The van der Waals surface area contributed by atoms with E-state index in [0.717, 1.165) is 18.4 Å². The predicted molar refractivity (Wildman–Crippen MR) is 81.1 cm³/mol. The van der Waals surface area contributed by atoms with Gasteiger partial charge in [-0.25, -0.2) is 0 Å². The van der Waals surface area contributed by atoms with Crippen LogP contribution < -0.4 is 11.1 Å². The van der Waals surface area contributed by atoms with E-state index in [2.05, 4.69) is 5.32 Å². The van der Waals surface area contributed by atoms with Crippen molar-refractivity contribution in [2.75, 3.05) is 6.54 Å². The van der Waals surface area contributed by atoms with E-state index in [4.69, 9.17) is 5.73 Å². The van der Waals surface area contributed by atoms with Gasteiger partial charge in [0.25, 0.3) is 0 Å². The maximum absolute atomic E-state index is 12.2. The Labute approximate surface area is 121 Å². The average molecular weight is 278 g/mol. The lowest BCUT2D eigenvalue weighted by molar-refractivity contribution is -0.126. The first kappa shape index (κ1) is 16.7. The van der Waals surface area contributed by atoms with Gasteiger partial charge in [0, 0.05) is 6.54 Å². The molecule has 0 fully saturated rings. The van der Waals surface area contributed by atoms with E-state index in [-0.39, 0.29) is 18.4 Å². The molecule has 1 rings (SSSR count). The van der Waals surface area contributed by atoms with Crippen LogP contribution in [0.25, 0.3) is 0 Å². The van der Waals surface area contributed by atoms with Crippen molar-refractivity contribution >= 4 is 5.91 Å². The average Bonchev–Trinajstić information content (AvgIpc) is 2.46. The summed E-state index contributed by atoms with van der Waals surface area (Å²) in [5.74, 6) is -0.0650. The topological polar surface area (TPSA) is 75.3 Å². The molecule has 0 aliphatic heterocycles. The third-order valence-electron chi connectivity index (χ3n) is 3.91. The largest absolute Gasteiger partial charge is 0.391 e. The zero-order valence-electron chi connectivity index (χ0n) is 12.6. The van der Waals surface area contributed by atoms with Gasteiger partial charge in [0.15, 0.2) is 0 Å². The predicted octanol–water partition coefficient (Wildman–Crippen LogP) is 1.77. The minimum Gasteiger partial charge on any atom is -0.391 e. The van der Waals surface area contributed by atoms with Gasteiger partial charge in [-0.05, 0) is 18.4 Å². The molecule has 0 heterocycles. The van der Waals surface area contributed by atoms with Crippen LogP contribution in [-0.2, 0) is 10.3 Å². The van der Waals surface area contributed by atoms with Gasteiger partial charge in [0.1, 0.15) is 5.54 Å². The fraction of sp³-hybridized carbons (Fsp3) is 0.562. The summed E-state index contributed by atoms with van der Waals surface area (Å²) < 4.78 is 0. The van der Waals surface area contributed by atoms with Gasteiger partial charge in [-0.3, -0.25) is 4.79 Å². The molecule has 1 aromatic carbocycles. The van der Waals surface area contributed by atoms with E-state index in [1.165, 1.54) is 0 Å². The van der Waals surface area contributed by atoms with Gasteiger partial charge < -0.3 is 16.2 Å². The van der Waals surface area contributed by atoms with Gasteiger partial charge in [0.2, 0.25) is 5.91 Å². The molecule has 1 amide bonds. The van der Waals surface area contributed by atoms with E-state index in [1.807, 2.05) is 44.2 Å². The molecular weight excluding hydrogens is 252 g/mol. The van der Waals surface area contributed by atoms with Crippen LogP contribution in [0.1, 0.15) is 39.2 Å². The summed E-state index contributed by atoms with van der Waals surface area (Å²) in [6.45, 7) is 6.00. The van der Waals surface area contributed by atoms with Crippen molar-refractivity contribution in [2.45, 2.75) is 45.3 Å². The number of carbonyl (C=O) groups excluding carboxylic acids is 1. The Hall–Kier alpha value is -1.39. The summed E-state index contributed by atoms with van der Waals surface area (Å²) >= 11 is 0. The van der Waals surface area contributed by atoms with Crippen LogP contribution in [0, 0.1) is 5.92 Å². The Balaban J connectivity index is 2.62. The van der Waals surface area contributed by atoms with Crippen molar-refractivity contribution < 1.29 is 9.90 Å². The number of hydrogen-bond donors (Lipinski definition) is 3. The normalized spacial score (nSPS) is 15.7. The van der Waals surface area contributed by atoms with Crippen LogP contribution in [0.2, 0.25) is 0 Å². The highest BCUT2D eigenvalue weighted by Gasteiger charge is 2.30. The molecule has 4 nitrogen and oxygen atoms in total. The second kappa shape index (κ2) is 7.41. The summed E-state index contributed by atoms with van der Waals surface area (Å²) in [6.07, 6.45) is 1.26. The number of aliphatic hydroxyl groups is 1. The van der Waals surface area contributed by atoms with Crippen molar-refractivity contribution in [3.8, 4) is 0 Å². The molecular formula is C16H26N2O2. The molecule has 0 spiro atoms. The Morgan fingerprint density at radius 1 is 1.30 bits per heavy atom. The Kier molecular flexibility index (Phi) is 6.17. The molecule has 4 heteroatoms. The van der Waals surface area contributed by atoms with Gasteiger partial charge in [-0.2, -0.15) is 0 Å². The summed E-state index contributed by atoms with van der Waals surface area (Å²) in [5, 5.41) is 12.8. The van der Waals surface area contributed by atoms with Gasteiger partial charge in [-0.15, -0.1) is 0 Å². The lowest BCUT2D eigenvalue weighted by Crippen LogP contribution is -2.51. The standard InChI is InChI=1S/C16H26N2O2/c1-4-12(5-2)14(19)11-18-15(20)16(3,17)13-9-7-6-8-10-13/h6-10,12,14,19H,4-5,11,17H2,1-3H3,(H,18,20). The molecule has 2 atom stereocenters. The highest BCUT2D eigenvalue weighted by molar-refractivity contribution is 5.86. The number of rotatable bonds is 7. The van der Waals surface area contributed by atoms with Gasteiger partial charge in [-0.1, -0.05) is 57.0 Å². The SMILES string of the molecule is CCC(CC)C(O)CNC(=O)C(C)(N)c1ccccc1. The summed E-state index contributed by atoms with van der Waals surface area (Å²) in [5.41, 5.74) is 5.79. The second-order valence-electron chi connectivity index (χ2n) is 5.42. The van der Waals surface area contributed by atoms with Gasteiger partial charge >= 0.3 is 0 Å². The number of amides is 1. The molecule has 4 N–H and O–H groups in total. The first-order chi connectivity index (χ1) is 9.43. The fourth-order valence-electron chi connectivity index (χ4n) is 2.30. The van der Waals surface area contributed by atoms with Crippen molar-refractivity contribution in [1.82, 2.24) is 5.32 Å². The van der Waals surface area contributed by atoms with E-state index in [9.17, 15) is 9.90 Å². The molecule has 0 saturated carbocycles. The van der Waals surface area contributed by atoms with Crippen molar-refractivity contribution in [3.63, 3.8) is 0 Å². The number of carbonyl (C=O) groups is 1. The van der Waals surface area contributed by atoms with E-state index < -0.39 is 11.6 Å². The molecule has 0 radical (unpaired) electrons.